The summed E-state index contributed by atoms with van der Waals surface area (Å²) in [5, 5.41) is 11.5. The zero-order valence-corrected chi connectivity index (χ0v) is 7.61. The van der Waals surface area contributed by atoms with Crippen LogP contribution in [0.5, 0.6) is 0 Å². The maximum atomic E-state index is 10.6. The van der Waals surface area contributed by atoms with Gasteiger partial charge in [-0.25, -0.2) is 14.8 Å². The smallest absolute Gasteiger partial charge is 0.354 e. The van der Waals surface area contributed by atoms with E-state index < -0.39 is 5.97 Å². The normalized spacial score (nSPS) is 9.14. The van der Waals surface area contributed by atoms with Gasteiger partial charge in [0.25, 0.3) is 0 Å². The van der Waals surface area contributed by atoms with E-state index in [-0.39, 0.29) is 5.69 Å². The fourth-order valence-corrected chi connectivity index (χ4v) is 0.909. The number of carboxylic acid groups (broad SMARTS) is 1. The first-order chi connectivity index (χ1) is 6.63. The molecular formula is C9H9N3O2. The van der Waals surface area contributed by atoms with Crippen LogP contribution < -0.4 is 5.32 Å². The van der Waals surface area contributed by atoms with E-state index in [1.54, 1.807) is 6.92 Å². The number of anilines is 1. The second kappa shape index (κ2) is 4.23. The molecule has 5 nitrogen and oxygen atoms in total. The van der Waals surface area contributed by atoms with Gasteiger partial charge in [0.05, 0.1) is 6.54 Å². The van der Waals surface area contributed by atoms with Gasteiger partial charge in [0, 0.05) is 6.07 Å². The predicted molar refractivity (Wildman–Crippen MR) is 51.1 cm³/mol. The molecular weight excluding hydrogens is 182 g/mol. The quantitative estimate of drug-likeness (QED) is 0.681. The SMILES string of the molecule is C#CCNc1cc(C(=O)O)nc(C)n1. The summed E-state index contributed by atoms with van der Waals surface area (Å²) in [6, 6.07) is 1.34. The number of nitrogens with zero attached hydrogens (tertiary/aromatic N) is 2. The summed E-state index contributed by atoms with van der Waals surface area (Å²) in [5.41, 5.74) is -0.0444. The van der Waals surface area contributed by atoms with Crippen molar-refractivity contribution in [1.82, 2.24) is 9.97 Å². The molecule has 0 atom stereocenters. The average Bonchev–Trinajstić information content (AvgIpc) is 2.14. The van der Waals surface area contributed by atoms with Crippen LogP contribution in [0.1, 0.15) is 16.3 Å². The number of aromatic carboxylic acids is 1. The number of carbonyl (C=O) groups is 1. The third-order valence-corrected chi connectivity index (χ3v) is 1.43. The topological polar surface area (TPSA) is 75.1 Å². The zero-order chi connectivity index (χ0) is 10.6. The van der Waals surface area contributed by atoms with Crippen LogP contribution in [-0.4, -0.2) is 27.6 Å². The van der Waals surface area contributed by atoms with E-state index in [0.29, 0.717) is 18.2 Å². The minimum atomic E-state index is -1.08. The molecule has 0 bridgehead atoms. The van der Waals surface area contributed by atoms with Gasteiger partial charge in [-0.1, -0.05) is 5.92 Å². The highest BCUT2D eigenvalue weighted by molar-refractivity contribution is 5.86. The molecule has 1 rings (SSSR count). The van der Waals surface area contributed by atoms with Crippen molar-refractivity contribution in [3.8, 4) is 12.3 Å². The molecule has 0 saturated heterocycles. The number of aromatic nitrogens is 2. The summed E-state index contributed by atoms with van der Waals surface area (Å²) in [4.78, 5) is 18.3. The standard InChI is InChI=1S/C9H9N3O2/c1-3-4-10-8-5-7(9(13)14)11-6(2)12-8/h1,5H,4H2,2H3,(H,13,14)(H,10,11,12). The Kier molecular flexibility index (Phi) is 3.02. The van der Waals surface area contributed by atoms with Gasteiger partial charge >= 0.3 is 5.97 Å². The molecule has 14 heavy (non-hydrogen) atoms. The molecule has 0 unspecified atom stereocenters. The number of hydrogen-bond acceptors (Lipinski definition) is 4. The number of carboxylic acids is 1. The lowest BCUT2D eigenvalue weighted by molar-refractivity contribution is 0.0690. The Morgan fingerprint density at radius 3 is 3.00 bits per heavy atom. The van der Waals surface area contributed by atoms with Crippen molar-refractivity contribution >= 4 is 11.8 Å². The zero-order valence-electron chi connectivity index (χ0n) is 7.61. The van der Waals surface area contributed by atoms with Gasteiger partial charge in [0.1, 0.15) is 11.6 Å². The van der Waals surface area contributed by atoms with E-state index in [9.17, 15) is 4.79 Å². The lowest BCUT2D eigenvalue weighted by atomic mass is 10.4. The fourth-order valence-electron chi connectivity index (χ4n) is 0.909. The molecule has 0 saturated carbocycles. The van der Waals surface area contributed by atoms with Crippen molar-refractivity contribution in [3.05, 3.63) is 17.6 Å². The van der Waals surface area contributed by atoms with Crippen LogP contribution in [0.4, 0.5) is 5.82 Å². The van der Waals surface area contributed by atoms with Gasteiger partial charge in [0.2, 0.25) is 0 Å². The summed E-state index contributed by atoms with van der Waals surface area (Å²) in [6.07, 6.45) is 5.04. The minimum Gasteiger partial charge on any atom is -0.477 e. The Bertz CT molecular complexity index is 396. The molecule has 0 fully saturated rings. The lowest BCUT2D eigenvalue weighted by Crippen LogP contribution is -2.08. The van der Waals surface area contributed by atoms with E-state index in [1.807, 2.05) is 0 Å². The van der Waals surface area contributed by atoms with Crippen LogP contribution in [0.2, 0.25) is 0 Å². The van der Waals surface area contributed by atoms with E-state index >= 15 is 0 Å². The average molecular weight is 191 g/mol. The summed E-state index contributed by atoms with van der Waals surface area (Å²) in [6.45, 7) is 1.92. The first-order valence-electron chi connectivity index (χ1n) is 3.90. The van der Waals surface area contributed by atoms with Gasteiger partial charge in [-0.15, -0.1) is 6.42 Å². The maximum Gasteiger partial charge on any atom is 0.354 e. The van der Waals surface area contributed by atoms with Gasteiger partial charge in [-0.05, 0) is 6.92 Å². The molecule has 0 aliphatic heterocycles. The molecule has 0 aliphatic carbocycles. The number of terminal acetylenes is 1. The van der Waals surface area contributed by atoms with Crippen molar-refractivity contribution < 1.29 is 9.90 Å². The monoisotopic (exact) mass is 191 g/mol. The second-order valence-electron chi connectivity index (χ2n) is 2.55. The number of aryl methyl sites for hydroxylation is 1. The number of hydrogen-bond donors (Lipinski definition) is 2. The summed E-state index contributed by atoms with van der Waals surface area (Å²) >= 11 is 0. The Balaban J connectivity index is 2.96. The Labute approximate surface area is 81.2 Å². The summed E-state index contributed by atoms with van der Waals surface area (Å²) < 4.78 is 0. The van der Waals surface area contributed by atoms with E-state index in [0.717, 1.165) is 0 Å². The molecule has 1 heterocycles. The fraction of sp³-hybridized carbons (Fsp3) is 0.222. The highest BCUT2D eigenvalue weighted by Crippen LogP contribution is 2.05. The molecule has 0 amide bonds. The maximum absolute atomic E-state index is 10.6. The van der Waals surface area contributed by atoms with Gasteiger partial charge in [0.15, 0.2) is 5.69 Å². The van der Waals surface area contributed by atoms with Crippen LogP contribution in [0.25, 0.3) is 0 Å². The van der Waals surface area contributed by atoms with Crippen molar-refractivity contribution in [2.45, 2.75) is 6.92 Å². The van der Waals surface area contributed by atoms with Crippen LogP contribution in [0, 0.1) is 19.3 Å². The van der Waals surface area contributed by atoms with Crippen LogP contribution >= 0.6 is 0 Å². The highest BCUT2D eigenvalue weighted by Gasteiger charge is 2.07. The number of rotatable bonds is 3. The largest absolute Gasteiger partial charge is 0.477 e. The first-order valence-corrected chi connectivity index (χ1v) is 3.90. The Morgan fingerprint density at radius 2 is 2.43 bits per heavy atom. The Morgan fingerprint density at radius 1 is 1.71 bits per heavy atom. The van der Waals surface area contributed by atoms with Crippen LogP contribution in [0.3, 0.4) is 0 Å². The summed E-state index contributed by atoms with van der Waals surface area (Å²) in [7, 11) is 0. The van der Waals surface area contributed by atoms with E-state index in [2.05, 4.69) is 21.2 Å². The van der Waals surface area contributed by atoms with Crippen LogP contribution in [0.15, 0.2) is 6.07 Å². The van der Waals surface area contributed by atoms with Crippen LogP contribution in [-0.2, 0) is 0 Å². The predicted octanol–water partition coefficient (Wildman–Crippen LogP) is 0.528. The van der Waals surface area contributed by atoms with E-state index in [4.69, 9.17) is 11.5 Å². The lowest BCUT2D eigenvalue weighted by Gasteiger charge is -2.03. The van der Waals surface area contributed by atoms with E-state index in [1.165, 1.54) is 6.07 Å². The minimum absolute atomic E-state index is 0.0444. The summed E-state index contributed by atoms with van der Waals surface area (Å²) in [5.74, 6) is 2.10. The van der Waals surface area contributed by atoms with Gasteiger partial charge in [-0.3, -0.25) is 0 Å². The molecule has 0 aliphatic rings. The Hall–Kier alpha value is -2.09. The molecule has 0 radical (unpaired) electrons. The van der Waals surface area contributed by atoms with Crippen molar-refractivity contribution in [3.63, 3.8) is 0 Å². The molecule has 0 spiro atoms. The number of nitrogens with one attached hydrogen (secondary N) is 1. The van der Waals surface area contributed by atoms with Gasteiger partial charge in [-0.2, -0.15) is 0 Å². The van der Waals surface area contributed by atoms with Crippen molar-refractivity contribution in [1.29, 1.82) is 0 Å². The molecule has 72 valence electrons. The third-order valence-electron chi connectivity index (χ3n) is 1.43. The molecule has 5 heteroatoms. The molecule has 2 N–H and O–H groups in total. The molecule has 1 aromatic rings. The molecule has 0 aromatic carbocycles. The van der Waals surface area contributed by atoms with Gasteiger partial charge < -0.3 is 10.4 Å². The van der Waals surface area contributed by atoms with Crippen molar-refractivity contribution in [2.24, 2.45) is 0 Å². The second-order valence-corrected chi connectivity index (χ2v) is 2.55. The highest BCUT2D eigenvalue weighted by atomic mass is 16.4. The molecule has 1 aromatic heterocycles. The van der Waals surface area contributed by atoms with Crippen molar-refractivity contribution in [2.75, 3.05) is 11.9 Å². The third kappa shape index (κ3) is 2.45. The first kappa shape index (κ1) is 9.99.